The number of anilines is 1. The zero-order chi connectivity index (χ0) is 35.1. The molecule has 1 saturated heterocycles. The molecule has 5 rings (SSSR count). The van der Waals surface area contributed by atoms with Gasteiger partial charge >= 0.3 is 6.09 Å². The third-order valence-electron chi connectivity index (χ3n) is 8.62. The van der Waals surface area contributed by atoms with Gasteiger partial charge in [-0.25, -0.2) is 9.78 Å². The van der Waals surface area contributed by atoms with E-state index in [-0.39, 0.29) is 54.9 Å². The first kappa shape index (κ1) is 35.7. The van der Waals surface area contributed by atoms with Gasteiger partial charge < -0.3 is 24.3 Å². The van der Waals surface area contributed by atoms with Gasteiger partial charge in [0.1, 0.15) is 18.5 Å². The van der Waals surface area contributed by atoms with Crippen LogP contribution in [0.25, 0.3) is 0 Å². The first-order valence-electron chi connectivity index (χ1n) is 16.3. The van der Waals surface area contributed by atoms with Crippen molar-refractivity contribution < 1.29 is 23.7 Å². The Kier molecular flexibility index (Phi) is 11.5. The van der Waals surface area contributed by atoms with E-state index in [0.717, 1.165) is 11.7 Å². The number of carbonyl (C=O) groups is 2. The Bertz CT molecular complexity index is 1680. The lowest BCUT2D eigenvalue weighted by Gasteiger charge is -2.54. The summed E-state index contributed by atoms with van der Waals surface area (Å²) >= 11 is 1.44. The minimum Gasteiger partial charge on any atom is -0.445 e. The molecule has 13 heteroatoms. The maximum absolute atomic E-state index is 13.7. The molecular formula is C36H43N5O6SSi. The molecule has 1 aliphatic heterocycles. The largest absolute Gasteiger partial charge is 0.445 e. The molecule has 0 radical (unpaired) electrons. The molecule has 2 unspecified atom stereocenters. The average Bonchev–Trinajstić information content (AvgIpc) is 3.55. The van der Waals surface area contributed by atoms with Crippen LogP contribution in [0.15, 0.2) is 90.3 Å². The Hall–Kier alpha value is -4.59. The Labute approximate surface area is 292 Å². The second-order valence-electron chi connectivity index (χ2n) is 13.4. The second-order valence-corrected chi connectivity index (χ2v) is 16.6. The van der Waals surface area contributed by atoms with Gasteiger partial charge in [-0.15, -0.1) is 11.3 Å². The number of alkyl carbamates (subject to hydrolysis) is 1. The van der Waals surface area contributed by atoms with Crippen LogP contribution in [0.3, 0.4) is 0 Å². The van der Waals surface area contributed by atoms with Crippen molar-refractivity contribution >= 4 is 53.6 Å². The number of nitro groups is 1. The molecule has 11 nitrogen and oxygen atoms in total. The summed E-state index contributed by atoms with van der Waals surface area (Å²) < 4.78 is 12.4. The van der Waals surface area contributed by atoms with Gasteiger partial charge in [-0.2, -0.15) is 0 Å². The van der Waals surface area contributed by atoms with Crippen LogP contribution in [0.1, 0.15) is 50.7 Å². The van der Waals surface area contributed by atoms with E-state index >= 15 is 0 Å². The predicted molar refractivity (Wildman–Crippen MR) is 194 cm³/mol. The number of aromatic nitrogens is 1. The molecule has 258 valence electrons. The summed E-state index contributed by atoms with van der Waals surface area (Å²) in [5, 5.41) is 18.5. The fourth-order valence-electron chi connectivity index (χ4n) is 5.71. The highest BCUT2D eigenvalue weighted by Gasteiger charge is 2.48. The SMILES string of the molecule is CC(C)N(CCNC(=O)OCc1ccc([N+](=O)[O-])cc1)C(=O)c1csc(N2CC(C(C)(C)C)C2O[SiH](c2ccccc2)c2ccccc2)n1. The number of ether oxygens (including phenoxy) is 1. The van der Waals surface area contributed by atoms with E-state index in [4.69, 9.17) is 14.1 Å². The number of rotatable bonds is 13. The highest BCUT2D eigenvalue weighted by Crippen LogP contribution is 2.43. The van der Waals surface area contributed by atoms with Gasteiger partial charge in [0.2, 0.25) is 9.04 Å². The fraction of sp³-hybridized carbons (Fsp3) is 0.361. The lowest BCUT2D eigenvalue weighted by atomic mass is 9.74. The van der Waals surface area contributed by atoms with E-state index in [1.807, 2.05) is 26.0 Å². The third kappa shape index (κ3) is 8.91. The van der Waals surface area contributed by atoms with Gasteiger partial charge in [0.05, 0.1) is 4.92 Å². The Morgan fingerprint density at radius 3 is 2.20 bits per heavy atom. The van der Waals surface area contributed by atoms with Crippen LogP contribution in [0.5, 0.6) is 0 Å². The molecule has 1 aliphatic rings. The fourth-order valence-corrected chi connectivity index (χ4v) is 9.01. The van der Waals surface area contributed by atoms with Crippen LogP contribution in [0.4, 0.5) is 15.6 Å². The van der Waals surface area contributed by atoms with Crippen molar-refractivity contribution in [3.63, 3.8) is 0 Å². The van der Waals surface area contributed by atoms with Crippen molar-refractivity contribution in [3.05, 3.63) is 112 Å². The van der Waals surface area contributed by atoms with Crippen molar-refractivity contribution in [1.29, 1.82) is 0 Å². The highest BCUT2D eigenvalue weighted by molar-refractivity contribution is 7.14. The van der Waals surface area contributed by atoms with Crippen LogP contribution < -0.4 is 20.6 Å². The smallest absolute Gasteiger partial charge is 0.407 e. The van der Waals surface area contributed by atoms with E-state index in [1.54, 1.807) is 10.3 Å². The highest BCUT2D eigenvalue weighted by atomic mass is 32.1. The molecule has 4 aromatic rings. The summed E-state index contributed by atoms with van der Waals surface area (Å²) in [5.74, 6) is 0.0566. The van der Waals surface area contributed by atoms with E-state index in [1.165, 1.54) is 46.0 Å². The lowest BCUT2D eigenvalue weighted by Crippen LogP contribution is -2.65. The van der Waals surface area contributed by atoms with Crippen molar-refractivity contribution in [1.82, 2.24) is 15.2 Å². The molecule has 2 heterocycles. The number of nitrogens with one attached hydrogen (secondary N) is 1. The van der Waals surface area contributed by atoms with E-state index in [0.29, 0.717) is 11.3 Å². The van der Waals surface area contributed by atoms with Gasteiger partial charge in [-0.1, -0.05) is 81.4 Å². The average molecular weight is 702 g/mol. The summed E-state index contributed by atoms with van der Waals surface area (Å²) in [5.41, 5.74) is 0.953. The van der Waals surface area contributed by atoms with Gasteiger partial charge in [-0.3, -0.25) is 14.9 Å². The summed E-state index contributed by atoms with van der Waals surface area (Å²) in [4.78, 5) is 45.0. The molecule has 1 fully saturated rings. The third-order valence-corrected chi connectivity index (χ3v) is 12.0. The molecular weight excluding hydrogens is 659 g/mol. The van der Waals surface area contributed by atoms with Crippen molar-refractivity contribution in [2.75, 3.05) is 24.5 Å². The summed E-state index contributed by atoms with van der Waals surface area (Å²) in [6.45, 7) is 11.7. The summed E-state index contributed by atoms with van der Waals surface area (Å²) in [6, 6.07) is 26.5. The van der Waals surface area contributed by atoms with Gasteiger partial charge in [0.15, 0.2) is 5.13 Å². The zero-order valence-corrected chi connectivity index (χ0v) is 30.4. The number of nitro benzene ring substituents is 1. The number of thiazole rings is 1. The van der Waals surface area contributed by atoms with Crippen LogP contribution in [-0.2, 0) is 15.8 Å². The maximum Gasteiger partial charge on any atom is 0.407 e. The molecule has 1 N–H and O–H groups in total. The number of amides is 2. The van der Waals surface area contributed by atoms with Crippen molar-refractivity contribution in [3.8, 4) is 0 Å². The van der Waals surface area contributed by atoms with Gasteiger partial charge in [0, 0.05) is 49.1 Å². The molecule has 49 heavy (non-hydrogen) atoms. The maximum atomic E-state index is 13.7. The van der Waals surface area contributed by atoms with Crippen molar-refractivity contribution in [2.45, 2.75) is 53.5 Å². The molecule has 2 amide bonds. The van der Waals surface area contributed by atoms with Gasteiger partial charge in [0.25, 0.3) is 11.6 Å². The van der Waals surface area contributed by atoms with Crippen LogP contribution >= 0.6 is 11.3 Å². The molecule has 1 aromatic heterocycles. The quantitative estimate of drug-likeness (QED) is 0.115. The number of benzene rings is 3. The Balaban J connectivity index is 1.23. The van der Waals surface area contributed by atoms with E-state index in [2.05, 4.69) is 79.5 Å². The lowest BCUT2D eigenvalue weighted by molar-refractivity contribution is -0.384. The topological polar surface area (TPSA) is 127 Å². The normalized spacial score (nSPS) is 15.9. The number of non-ortho nitro benzene ring substituents is 1. The Morgan fingerprint density at radius 1 is 1.04 bits per heavy atom. The summed E-state index contributed by atoms with van der Waals surface area (Å²) in [6.07, 6.45) is -0.830. The monoisotopic (exact) mass is 701 g/mol. The minimum atomic E-state index is -2.05. The molecule has 0 bridgehead atoms. The summed E-state index contributed by atoms with van der Waals surface area (Å²) in [7, 11) is -2.05. The van der Waals surface area contributed by atoms with Crippen LogP contribution in [0, 0.1) is 21.4 Å². The standard InChI is InChI=1S/C36H43N5O6SSi/c1-25(2)39(21-20-37-35(43)46-23-26-16-18-27(19-17-26)41(44)45)32(42)31-24-48-34(38-31)40-22-30(36(3,4)5)33(40)47-49(28-12-8-6-9-13-28)29-14-10-7-11-15-29/h6-19,24-25,30,33,49H,20-23H2,1-5H3,(H,37,43). The molecule has 2 atom stereocenters. The zero-order valence-electron chi connectivity index (χ0n) is 28.4. The Morgan fingerprint density at radius 2 is 1.65 bits per heavy atom. The molecule has 3 aromatic carbocycles. The van der Waals surface area contributed by atoms with E-state index in [9.17, 15) is 19.7 Å². The predicted octanol–water partition coefficient (Wildman–Crippen LogP) is 5.19. The van der Waals surface area contributed by atoms with Crippen LogP contribution in [0.2, 0.25) is 0 Å². The first-order valence-corrected chi connectivity index (χ1v) is 18.9. The number of hydrogen-bond acceptors (Lipinski definition) is 9. The molecule has 0 aliphatic carbocycles. The first-order chi connectivity index (χ1) is 23.4. The van der Waals surface area contributed by atoms with Crippen LogP contribution in [-0.4, -0.2) is 67.8 Å². The molecule has 0 spiro atoms. The van der Waals surface area contributed by atoms with E-state index < -0.39 is 20.1 Å². The van der Waals surface area contributed by atoms with Gasteiger partial charge in [-0.05, 0) is 47.3 Å². The van der Waals surface area contributed by atoms with Crippen molar-refractivity contribution in [2.24, 2.45) is 11.3 Å². The second kappa shape index (κ2) is 15.7. The minimum absolute atomic E-state index is 0.00778. The number of carbonyl (C=O) groups excluding carboxylic acids is 2. The number of hydrogen-bond donors (Lipinski definition) is 1. The molecule has 0 saturated carbocycles. The number of nitrogens with zero attached hydrogens (tertiary/aromatic N) is 4.